The zero-order valence-corrected chi connectivity index (χ0v) is 13.5. The van der Waals surface area contributed by atoms with Crippen molar-refractivity contribution in [2.45, 2.75) is 32.8 Å². The lowest BCUT2D eigenvalue weighted by Gasteiger charge is -2.21. The minimum atomic E-state index is -0.230. The number of nitrogens with zero attached hydrogens (tertiary/aromatic N) is 1. The summed E-state index contributed by atoms with van der Waals surface area (Å²) >= 11 is 0. The monoisotopic (exact) mass is 318 g/mol. The van der Waals surface area contributed by atoms with Crippen LogP contribution in [0.15, 0.2) is 24.3 Å². The van der Waals surface area contributed by atoms with Gasteiger partial charge in [0.1, 0.15) is 6.54 Å². The molecule has 0 aliphatic carbocycles. The summed E-state index contributed by atoms with van der Waals surface area (Å²) in [5.41, 5.74) is 1.16. The van der Waals surface area contributed by atoms with E-state index in [2.05, 4.69) is 5.32 Å². The lowest BCUT2D eigenvalue weighted by Crippen LogP contribution is -2.42. The van der Waals surface area contributed by atoms with Crippen molar-refractivity contribution < 1.29 is 19.1 Å². The number of nitrogens with one attached hydrogen (secondary N) is 1. The van der Waals surface area contributed by atoms with Gasteiger partial charge in [-0.05, 0) is 44.0 Å². The van der Waals surface area contributed by atoms with Crippen molar-refractivity contribution in [3.8, 4) is 0 Å². The molecular formula is C17H22N2O4. The van der Waals surface area contributed by atoms with Gasteiger partial charge in [0, 0.05) is 31.3 Å². The zero-order valence-electron chi connectivity index (χ0n) is 13.5. The number of anilines is 1. The first kappa shape index (κ1) is 17.1. The summed E-state index contributed by atoms with van der Waals surface area (Å²) in [4.78, 5) is 36.5. The Bertz CT molecular complexity index is 577. The fourth-order valence-corrected chi connectivity index (χ4v) is 2.49. The van der Waals surface area contributed by atoms with Crippen LogP contribution in [-0.2, 0) is 14.3 Å². The lowest BCUT2D eigenvalue weighted by molar-refractivity contribution is -0.123. The number of hydrogen-bond donors (Lipinski definition) is 1. The standard InChI is InChI=1S/C17H22N2O4/c1-12(20)14-5-7-15(8-6-14)19(13(2)21)11-17(22)18-10-16-4-3-9-23-16/h5-8,16H,3-4,9-11H2,1-2H3,(H,18,22). The normalized spacial score (nSPS) is 16.9. The van der Waals surface area contributed by atoms with Crippen molar-refractivity contribution in [3.63, 3.8) is 0 Å². The third kappa shape index (κ3) is 4.89. The Morgan fingerprint density at radius 1 is 1.22 bits per heavy atom. The van der Waals surface area contributed by atoms with E-state index in [4.69, 9.17) is 4.74 Å². The SMILES string of the molecule is CC(=O)c1ccc(N(CC(=O)NCC2CCCO2)C(C)=O)cc1. The molecule has 1 aromatic carbocycles. The molecule has 1 aliphatic heterocycles. The van der Waals surface area contributed by atoms with E-state index in [-0.39, 0.29) is 30.2 Å². The molecule has 2 amide bonds. The quantitative estimate of drug-likeness (QED) is 0.807. The molecule has 124 valence electrons. The second-order valence-corrected chi connectivity index (χ2v) is 5.65. The van der Waals surface area contributed by atoms with Crippen LogP contribution in [0.3, 0.4) is 0 Å². The Balaban J connectivity index is 1.96. The molecule has 1 atom stereocenters. The first-order chi connectivity index (χ1) is 11.0. The van der Waals surface area contributed by atoms with Crippen LogP contribution in [0.4, 0.5) is 5.69 Å². The van der Waals surface area contributed by atoms with Crippen LogP contribution in [0.2, 0.25) is 0 Å². The number of rotatable bonds is 6. The summed E-state index contributed by atoms with van der Waals surface area (Å²) in [7, 11) is 0. The van der Waals surface area contributed by atoms with Crippen LogP contribution >= 0.6 is 0 Å². The average Bonchev–Trinajstić information content (AvgIpc) is 3.04. The molecule has 0 aromatic heterocycles. The highest BCUT2D eigenvalue weighted by Crippen LogP contribution is 2.16. The van der Waals surface area contributed by atoms with Gasteiger partial charge in [-0.3, -0.25) is 14.4 Å². The third-order valence-corrected chi connectivity index (χ3v) is 3.82. The van der Waals surface area contributed by atoms with E-state index in [0.717, 1.165) is 19.4 Å². The number of amides is 2. The number of Topliss-reactive ketones (excluding diaryl/α,β-unsaturated/α-hetero) is 1. The number of hydrogen-bond acceptors (Lipinski definition) is 4. The first-order valence-electron chi connectivity index (χ1n) is 7.75. The topological polar surface area (TPSA) is 75.7 Å². The van der Waals surface area contributed by atoms with Gasteiger partial charge in [0.15, 0.2) is 5.78 Å². The molecular weight excluding hydrogens is 296 g/mol. The third-order valence-electron chi connectivity index (χ3n) is 3.82. The number of carbonyl (C=O) groups excluding carboxylic acids is 3. The minimum absolute atomic E-state index is 0.0415. The number of benzene rings is 1. The maximum Gasteiger partial charge on any atom is 0.240 e. The molecule has 2 rings (SSSR count). The van der Waals surface area contributed by atoms with Crippen LogP contribution in [0.25, 0.3) is 0 Å². The number of ether oxygens (including phenoxy) is 1. The molecule has 6 nitrogen and oxygen atoms in total. The van der Waals surface area contributed by atoms with Gasteiger partial charge in [0.2, 0.25) is 11.8 Å². The van der Waals surface area contributed by atoms with Crippen LogP contribution in [-0.4, -0.2) is 43.4 Å². The Morgan fingerprint density at radius 3 is 2.43 bits per heavy atom. The highest BCUT2D eigenvalue weighted by atomic mass is 16.5. The van der Waals surface area contributed by atoms with Crippen LogP contribution < -0.4 is 10.2 Å². The second kappa shape index (κ2) is 7.87. The van der Waals surface area contributed by atoms with Gasteiger partial charge in [-0.15, -0.1) is 0 Å². The number of carbonyl (C=O) groups is 3. The molecule has 6 heteroatoms. The van der Waals surface area contributed by atoms with Crippen molar-refractivity contribution in [1.82, 2.24) is 5.32 Å². The van der Waals surface area contributed by atoms with E-state index in [1.165, 1.54) is 18.7 Å². The minimum Gasteiger partial charge on any atom is -0.376 e. The van der Waals surface area contributed by atoms with Gasteiger partial charge < -0.3 is 15.0 Å². The Labute approximate surface area is 135 Å². The summed E-state index contributed by atoms with van der Waals surface area (Å²) in [5.74, 6) is -0.501. The van der Waals surface area contributed by atoms with Crippen molar-refractivity contribution in [1.29, 1.82) is 0 Å². The molecule has 1 N–H and O–H groups in total. The molecule has 23 heavy (non-hydrogen) atoms. The molecule has 0 spiro atoms. The maximum absolute atomic E-state index is 12.0. The Morgan fingerprint density at radius 2 is 1.91 bits per heavy atom. The molecule has 1 aromatic rings. The molecule has 0 radical (unpaired) electrons. The van der Waals surface area contributed by atoms with Gasteiger partial charge >= 0.3 is 0 Å². The van der Waals surface area contributed by atoms with Crippen molar-refractivity contribution >= 4 is 23.3 Å². The summed E-state index contributed by atoms with van der Waals surface area (Å²) in [5, 5.41) is 2.80. The van der Waals surface area contributed by atoms with Gasteiger partial charge in [0.25, 0.3) is 0 Å². The van der Waals surface area contributed by atoms with Crippen molar-refractivity contribution in [2.75, 3.05) is 24.6 Å². The van der Waals surface area contributed by atoms with Crippen molar-refractivity contribution in [2.24, 2.45) is 0 Å². The van der Waals surface area contributed by atoms with Crippen LogP contribution in [0.1, 0.15) is 37.0 Å². The van der Waals surface area contributed by atoms with E-state index in [0.29, 0.717) is 17.8 Å². The summed E-state index contributed by atoms with van der Waals surface area (Å²) < 4.78 is 5.45. The summed E-state index contributed by atoms with van der Waals surface area (Å²) in [6.07, 6.45) is 2.03. The van der Waals surface area contributed by atoms with E-state index in [1.54, 1.807) is 24.3 Å². The van der Waals surface area contributed by atoms with Gasteiger partial charge in [0.05, 0.1) is 6.10 Å². The predicted octanol–water partition coefficient (Wildman–Crippen LogP) is 1.54. The smallest absolute Gasteiger partial charge is 0.240 e. The van der Waals surface area contributed by atoms with Crippen molar-refractivity contribution in [3.05, 3.63) is 29.8 Å². The van der Waals surface area contributed by atoms with Gasteiger partial charge in [-0.25, -0.2) is 0 Å². The van der Waals surface area contributed by atoms with E-state index in [9.17, 15) is 14.4 Å². The number of ketones is 1. The molecule has 1 unspecified atom stereocenters. The molecule has 0 bridgehead atoms. The van der Waals surface area contributed by atoms with Gasteiger partial charge in [-0.1, -0.05) is 0 Å². The molecule has 1 aliphatic rings. The highest BCUT2D eigenvalue weighted by Gasteiger charge is 2.19. The molecule has 1 saturated heterocycles. The zero-order chi connectivity index (χ0) is 16.8. The fraction of sp³-hybridized carbons (Fsp3) is 0.471. The fourth-order valence-electron chi connectivity index (χ4n) is 2.49. The molecule has 1 fully saturated rings. The summed E-state index contributed by atoms with van der Waals surface area (Å²) in [6, 6.07) is 6.65. The maximum atomic E-state index is 12.0. The lowest BCUT2D eigenvalue weighted by atomic mass is 10.1. The van der Waals surface area contributed by atoms with E-state index < -0.39 is 0 Å². The van der Waals surface area contributed by atoms with Crippen LogP contribution in [0.5, 0.6) is 0 Å². The van der Waals surface area contributed by atoms with E-state index >= 15 is 0 Å². The van der Waals surface area contributed by atoms with E-state index in [1.807, 2.05) is 0 Å². The first-order valence-corrected chi connectivity index (χ1v) is 7.75. The second-order valence-electron chi connectivity index (χ2n) is 5.65. The summed E-state index contributed by atoms with van der Waals surface area (Å²) in [6.45, 7) is 4.04. The highest BCUT2D eigenvalue weighted by molar-refractivity contribution is 5.98. The van der Waals surface area contributed by atoms with Crippen LogP contribution in [0, 0.1) is 0 Å². The molecule has 1 heterocycles. The average molecular weight is 318 g/mol. The largest absolute Gasteiger partial charge is 0.376 e. The molecule has 0 saturated carbocycles. The Hall–Kier alpha value is -2.21. The predicted molar refractivity (Wildman–Crippen MR) is 86.5 cm³/mol. The Kier molecular flexibility index (Phi) is 5.87. The van der Waals surface area contributed by atoms with Gasteiger partial charge in [-0.2, -0.15) is 0 Å².